The summed E-state index contributed by atoms with van der Waals surface area (Å²) in [7, 11) is 0. The van der Waals surface area contributed by atoms with E-state index in [2.05, 4.69) is 20.6 Å². The van der Waals surface area contributed by atoms with Crippen molar-refractivity contribution >= 4 is 16.7 Å². The van der Waals surface area contributed by atoms with Gasteiger partial charge in [-0.15, -0.1) is 0 Å². The molecule has 4 aromatic rings. The molecule has 3 aromatic heterocycles. The number of nitrogens with zero attached hydrogens (tertiary/aromatic N) is 4. The lowest BCUT2D eigenvalue weighted by molar-refractivity contribution is -0.120. The van der Waals surface area contributed by atoms with Crippen LogP contribution in [0.25, 0.3) is 10.8 Å². The number of fused-ring (bicyclic) bond motifs is 1. The molecule has 0 aliphatic rings. The van der Waals surface area contributed by atoms with Crippen LogP contribution in [0.1, 0.15) is 28.4 Å². The highest BCUT2D eigenvalue weighted by atomic mass is 16.5. The molecule has 8 nitrogen and oxygen atoms in total. The zero-order valence-corrected chi connectivity index (χ0v) is 16.8. The Morgan fingerprint density at radius 1 is 1.10 bits per heavy atom. The van der Waals surface area contributed by atoms with Gasteiger partial charge in [0.15, 0.2) is 0 Å². The van der Waals surface area contributed by atoms with Crippen molar-refractivity contribution in [2.75, 3.05) is 0 Å². The number of carbonyl (C=O) groups excluding carboxylic acids is 1. The third-order valence-electron chi connectivity index (χ3n) is 4.95. The minimum absolute atomic E-state index is 0.169. The summed E-state index contributed by atoms with van der Waals surface area (Å²) >= 11 is 0. The molecule has 0 unspecified atom stereocenters. The van der Waals surface area contributed by atoms with E-state index in [0.29, 0.717) is 22.5 Å². The minimum atomic E-state index is -0.193. The van der Waals surface area contributed by atoms with Crippen LogP contribution in [-0.2, 0) is 24.3 Å². The van der Waals surface area contributed by atoms with E-state index >= 15 is 0 Å². The fourth-order valence-electron chi connectivity index (χ4n) is 3.35. The van der Waals surface area contributed by atoms with Crippen molar-refractivity contribution in [3.8, 4) is 0 Å². The predicted molar refractivity (Wildman–Crippen MR) is 111 cm³/mol. The van der Waals surface area contributed by atoms with E-state index < -0.39 is 0 Å². The molecule has 0 aliphatic heterocycles. The minimum Gasteiger partial charge on any atom is -0.361 e. The Morgan fingerprint density at radius 3 is 2.57 bits per heavy atom. The third kappa shape index (κ3) is 3.98. The lowest BCUT2D eigenvalue weighted by Crippen LogP contribution is -2.29. The second-order valence-electron chi connectivity index (χ2n) is 7.03. The quantitative estimate of drug-likeness (QED) is 0.530. The Hall–Kier alpha value is -3.81. The van der Waals surface area contributed by atoms with Gasteiger partial charge in [0.25, 0.3) is 5.56 Å². The Labute approximate surface area is 172 Å². The molecule has 30 heavy (non-hydrogen) atoms. The maximum absolute atomic E-state index is 12.9. The molecule has 3 heterocycles. The number of pyridine rings is 1. The SMILES string of the molecule is Cc1noc(C)c1CC(=O)NCc1nn(Cc2ccccn2)c(=O)c2ccccc12. The van der Waals surface area contributed by atoms with Crippen LogP contribution < -0.4 is 10.9 Å². The molecule has 0 saturated carbocycles. The first-order chi connectivity index (χ1) is 14.5. The van der Waals surface area contributed by atoms with E-state index in [1.165, 1.54) is 4.68 Å². The molecule has 1 amide bonds. The Morgan fingerprint density at radius 2 is 1.87 bits per heavy atom. The molecular weight excluding hydrogens is 382 g/mol. The van der Waals surface area contributed by atoms with Gasteiger partial charge in [-0.25, -0.2) is 4.68 Å². The largest absolute Gasteiger partial charge is 0.361 e. The number of aryl methyl sites for hydroxylation is 2. The van der Waals surface area contributed by atoms with Gasteiger partial charge in [-0.3, -0.25) is 14.6 Å². The summed E-state index contributed by atoms with van der Waals surface area (Å²) in [5.74, 6) is 0.466. The van der Waals surface area contributed by atoms with Gasteiger partial charge < -0.3 is 9.84 Å². The van der Waals surface area contributed by atoms with Crippen LogP contribution in [0.5, 0.6) is 0 Å². The second kappa shape index (κ2) is 8.28. The van der Waals surface area contributed by atoms with Crippen molar-refractivity contribution in [3.63, 3.8) is 0 Å². The van der Waals surface area contributed by atoms with E-state index in [9.17, 15) is 9.59 Å². The maximum atomic E-state index is 12.9. The van der Waals surface area contributed by atoms with Gasteiger partial charge in [0.2, 0.25) is 5.91 Å². The summed E-state index contributed by atoms with van der Waals surface area (Å²) in [6, 6.07) is 12.8. The summed E-state index contributed by atoms with van der Waals surface area (Å²) in [5, 5.41) is 12.6. The first-order valence-corrected chi connectivity index (χ1v) is 9.60. The predicted octanol–water partition coefficient (Wildman–Crippen LogP) is 2.30. The number of amides is 1. The topological polar surface area (TPSA) is 103 Å². The summed E-state index contributed by atoms with van der Waals surface area (Å²) < 4.78 is 6.51. The van der Waals surface area contributed by atoms with Crippen LogP contribution in [0.4, 0.5) is 0 Å². The van der Waals surface area contributed by atoms with Gasteiger partial charge in [-0.1, -0.05) is 29.4 Å². The van der Waals surface area contributed by atoms with Gasteiger partial charge in [0.1, 0.15) is 5.76 Å². The van der Waals surface area contributed by atoms with Crippen LogP contribution in [0.2, 0.25) is 0 Å². The van der Waals surface area contributed by atoms with Crippen LogP contribution in [0, 0.1) is 13.8 Å². The first-order valence-electron chi connectivity index (χ1n) is 9.60. The maximum Gasteiger partial charge on any atom is 0.275 e. The highest BCUT2D eigenvalue weighted by Gasteiger charge is 2.15. The zero-order valence-electron chi connectivity index (χ0n) is 16.8. The molecule has 0 spiro atoms. The van der Waals surface area contributed by atoms with Gasteiger partial charge in [0.05, 0.1) is 42.0 Å². The van der Waals surface area contributed by atoms with E-state index in [4.69, 9.17) is 4.52 Å². The number of benzene rings is 1. The van der Waals surface area contributed by atoms with Gasteiger partial charge in [-0.05, 0) is 32.0 Å². The zero-order chi connectivity index (χ0) is 21.1. The number of aromatic nitrogens is 4. The van der Waals surface area contributed by atoms with Crippen molar-refractivity contribution in [3.05, 3.63) is 87.4 Å². The van der Waals surface area contributed by atoms with Crippen LogP contribution in [0.3, 0.4) is 0 Å². The Balaban J connectivity index is 1.60. The molecule has 4 rings (SSSR count). The summed E-state index contributed by atoms with van der Waals surface area (Å²) in [6.45, 7) is 4.04. The van der Waals surface area contributed by atoms with Crippen LogP contribution in [0.15, 0.2) is 58.0 Å². The molecule has 1 N–H and O–H groups in total. The van der Waals surface area contributed by atoms with Gasteiger partial charge in [0, 0.05) is 17.1 Å². The molecule has 0 atom stereocenters. The van der Waals surface area contributed by atoms with Crippen molar-refractivity contribution < 1.29 is 9.32 Å². The van der Waals surface area contributed by atoms with Crippen molar-refractivity contribution in [2.45, 2.75) is 33.4 Å². The summed E-state index contributed by atoms with van der Waals surface area (Å²) in [5.41, 5.74) is 2.65. The molecule has 0 aliphatic carbocycles. The number of rotatable bonds is 6. The smallest absolute Gasteiger partial charge is 0.275 e. The Bertz CT molecular complexity index is 1240. The Kier molecular flexibility index (Phi) is 5.38. The average molecular weight is 403 g/mol. The van der Waals surface area contributed by atoms with Gasteiger partial charge in [-0.2, -0.15) is 5.10 Å². The van der Waals surface area contributed by atoms with E-state index in [0.717, 1.165) is 16.6 Å². The number of hydrogen-bond acceptors (Lipinski definition) is 6. The van der Waals surface area contributed by atoms with Crippen molar-refractivity contribution in [2.24, 2.45) is 0 Å². The number of carbonyl (C=O) groups is 1. The number of hydrogen-bond donors (Lipinski definition) is 1. The summed E-state index contributed by atoms with van der Waals surface area (Å²) in [6.07, 6.45) is 1.85. The fourth-order valence-corrected chi connectivity index (χ4v) is 3.35. The lowest BCUT2D eigenvalue weighted by Gasteiger charge is -2.12. The van der Waals surface area contributed by atoms with Crippen molar-refractivity contribution in [1.29, 1.82) is 0 Å². The van der Waals surface area contributed by atoms with Crippen LogP contribution in [-0.4, -0.2) is 25.8 Å². The van der Waals surface area contributed by atoms with Crippen LogP contribution >= 0.6 is 0 Å². The van der Waals surface area contributed by atoms with E-state index in [1.807, 2.05) is 43.3 Å². The first kappa shape index (κ1) is 19.5. The molecule has 0 radical (unpaired) electrons. The number of nitrogens with one attached hydrogen (secondary N) is 1. The molecule has 0 bridgehead atoms. The highest BCUT2D eigenvalue weighted by molar-refractivity contribution is 5.84. The van der Waals surface area contributed by atoms with E-state index in [1.54, 1.807) is 19.2 Å². The second-order valence-corrected chi connectivity index (χ2v) is 7.03. The molecule has 0 fully saturated rings. The standard InChI is InChI=1S/C22H21N5O3/c1-14-19(15(2)30-26-14)11-21(28)24-12-20-17-8-3-4-9-18(17)22(29)27(25-20)13-16-7-5-6-10-23-16/h3-10H,11-13H2,1-2H3,(H,24,28). The lowest BCUT2D eigenvalue weighted by atomic mass is 10.1. The highest BCUT2D eigenvalue weighted by Crippen LogP contribution is 2.15. The molecule has 152 valence electrons. The monoisotopic (exact) mass is 403 g/mol. The summed E-state index contributed by atoms with van der Waals surface area (Å²) in [4.78, 5) is 29.6. The normalized spacial score (nSPS) is 11.0. The molecule has 0 saturated heterocycles. The van der Waals surface area contributed by atoms with E-state index in [-0.39, 0.29) is 31.0 Å². The van der Waals surface area contributed by atoms with Gasteiger partial charge >= 0.3 is 0 Å². The average Bonchev–Trinajstić information content (AvgIpc) is 3.07. The molecule has 1 aromatic carbocycles. The molecular formula is C22H21N5O3. The molecule has 8 heteroatoms. The third-order valence-corrected chi connectivity index (χ3v) is 4.95. The van der Waals surface area contributed by atoms with Crippen molar-refractivity contribution in [1.82, 2.24) is 25.2 Å². The fraction of sp³-hybridized carbons (Fsp3) is 0.227.